The lowest BCUT2D eigenvalue weighted by molar-refractivity contribution is 0.0986. The molecule has 3 heteroatoms. The van der Waals surface area contributed by atoms with Crippen LogP contribution in [0.4, 0.5) is 0 Å². The molecule has 3 nitrogen and oxygen atoms in total. The summed E-state index contributed by atoms with van der Waals surface area (Å²) in [5, 5.41) is 0. The standard InChI is InChI=1S/C8H14O3/c1-2-9-4-3-5-10-6-8-7-11-8/h2,8H,1,3-7H2. The molecule has 0 aromatic carbocycles. The van der Waals surface area contributed by atoms with Crippen molar-refractivity contribution in [2.75, 3.05) is 26.4 Å². The van der Waals surface area contributed by atoms with Crippen LogP contribution in [0.15, 0.2) is 12.8 Å². The predicted octanol–water partition coefficient (Wildman–Crippen LogP) is 0.952. The van der Waals surface area contributed by atoms with Crippen molar-refractivity contribution in [3.63, 3.8) is 0 Å². The van der Waals surface area contributed by atoms with E-state index in [4.69, 9.17) is 14.2 Å². The average Bonchev–Trinajstić information content (AvgIpc) is 2.80. The maximum atomic E-state index is 5.26. The Bertz CT molecular complexity index is 110. The molecule has 0 saturated carbocycles. The van der Waals surface area contributed by atoms with Gasteiger partial charge in [-0.25, -0.2) is 0 Å². The number of epoxide rings is 1. The summed E-state index contributed by atoms with van der Waals surface area (Å²) in [7, 11) is 0. The third kappa shape index (κ3) is 4.81. The van der Waals surface area contributed by atoms with Gasteiger partial charge < -0.3 is 14.2 Å². The Morgan fingerprint density at radius 3 is 3.00 bits per heavy atom. The van der Waals surface area contributed by atoms with Crippen LogP contribution in [-0.4, -0.2) is 32.5 Å². The van der Waals surface area contributed by atoms with Crippen LogP contribution in [0.3, 0.4) is 0 Å². The lowest BCUT2D eigenvalue weighted by Crippen LogP contribution is -2.04. The van der Waals surface area contributed by atoms with Crippen molar-refractivity contribution in [3.8, 4) is 0 Å². The molecule has 0 aromatic rings. The highest BCUT2D eigenvalue weighted by Crippen LogP contribution is 2.08. The van der Waals surface area contributed by atoms with Gasteiger partial charge >= 0.3 is 0 Å². The molecule has 1 heterocycles. The third-order valence-electron chi connectivity index (χ3n) is 1.37. The molecule has 64 valence electrons. The highest BCUT2D eigenvalue weighted by atomic mass is 16.6. The van der Waals surface area contributed by atoms with Crippen molar-refractivity contribution in [1.82, 2.24) is 0 Å². The second kappa shape index (κ2) is 5.16. The van der Waals surface area contributed by atoms with Crippen LogP contribution in [0.25, 0.3) is 0 Å². The largest absolute Gasteiger partial charge is 0.502 e. The molecule has 1 atom stereocenters. The van der Waals surface area contributed by atoms with Gasteiger partial charge in [0, 0.05) is 13.0 Å². The summed E-state index contributed by atoms with van der Waals surface area (Å²) < 4.78 is 15.1. The van der Waals surface area contributed by atoms with Crippen LogP contribution >= 0.6 is 0 Å². The SMILES string of the molecule is C=COCCCOCC1CO1. The lowest BCUT2D eigenvalue weighted by atomic mass is 10.5. The Labute approximate surface area is 66.9 Å². The Hall–Kier alpha value is -0.540. The molecule has 1 fully saturated rings. The van der Waals surface area contributed by atoms with E-state index in [1.54, 1.807) is 0 Å². The molecule has 0 aliphatic carbocycles. The fourth-order valence-electron chi connectivity index (χ4n) is 0.707. The highest BCUT2D eigenvalue weighted by molar-refractivity contribution is 4.66. The first-order valence-corrected chi connectivity index (χ1v) is 3.85. The number of hydrogen-bond donors (Lipinski definition) is 0. The van der Waals surface area contributed by atoms with Gasteiger partial charge in [0.15, 0.2) is 0 Å². The molecule has 0 bridgehead atoms. The fraction of sp³-hybridized carbons (Fsp3) is 0.750. The molecule has 1 saturated heterocycles. The summed E-state index contributed by atoms with van der Waals surface area (Å²) in [6.45, 7) is 6.46. The van der Waals surface area contributed by atoms with E-state index in [-0.39, 0.29) is 0 Å². The quantitative estimate of drug-likeness (QED) is 0.314. The fourth-order valence-corrected chi connectivity index (χ4v) is 0.707. The van der Waals surface area contributed by atoms with Crippen molar-refractivity contribution < 1.29 is 14.2 Å². The van der Waals surface area contributed by atoms with E-state index < -0.39 is 0 Å². The van der Waals surface area contributed by atoms with E-state index in [0.29, 0.717) is 12.7 Å². The molecule has 0 radical (unpaired) electrons. The molecular weight excluding hydrogens is 144 g/mol. The first kappa shape index (κ1) is 8.56. The Kier molecular flexibility index (Phi) is 4.01. The second-order valence-corrected chi connectivity index (χ2v) is 2.42. The molecule has 0 aromatic heterocycles. The van der Waals surface area contributed by atoms with Gasteiger partial charge in [0.05, 0.1) is 26.1 Å². The summed E-state index contributed by atoms with van der Waals surface area (Å²) in [6.07, 6.45) is 2.73. The zero-order valence-electron chi connectivity index (χ0n) is 6.62. The molecule has 0 spiro atoms. The smallest absolute Gasteiger partial charge is 0.104 e. The minimum absolute atomic E-state index is 0.371. The maximum absolute atomic E-state index is 5.26. The molecule has 0 N–H and O–H groups in total. The Morgan fingerprint density at radius 2 is 2.36 bits per heavy atom. The summed E-state index contributed by atoms with van der Waals surface area (Å²) in [6, 6.07) is 0. The van der Waals surface area contributed by atoms with E-state index in [1.807, 2.05) is 0 Å². The minimum atomic E-state index is 0.371. The van der Waals surface area contributed by atoms with Gasteiger partial charge in [0.1, 0.15) is 6.10 Å². The molecule has 1 rings (SSSR count). The molecule has 11 heavy (non-hydrogen) atoms. The lowest BCUT2D eigenvalue weighted by Gasteiger charge is -2.01. The van der Waals surface area contributed by atoms with Gasteiger partial charge in [-0.3, -0.25) is 0 Å². The van der Waals surface area contributed by atoms with Crippen LogP contribution in [0.5, 0.6) is 0 Å². The van der Waals surface area contributed by atoms with E-state index in [0.717, 1.165) is 26.2 Å². The van der Waals surface area contributed by atoms with Gasteiger partial charge in [-0.05, 0) is 0 Å². The topological polar surface area (TPSA) is 31.0 Å². The van der Waals surface area contributed by atoms with Crippen LogP contribution in [-0.2, 0) is 14.2 Å². The number of hydrogen-bond acceptors (Lipinski definition) is 3. The van der Waals surface area contributed by atoms with Crippen LogP contribution in [0.2, 0.25) is 0 Å². The average molecular weight is 158 g/mol. The minimum Gasteiger partial charge on any atom is -0.502 e. The van der Waals surface area contributed by atoms with Gasteiger partial charge in [0.25, 0.3) is 0 Å². The second-order valence-electron chi connectivity index (χ2n) is 2.42. The van der Waals surface area contributed by atoms with Crippen molar-refractivity contribution in [2.24, 2.45) is 0 Å². The van der Waals surface area contributed by atoms with Crippen LogP contribution in [0, 0.1) is 0 Å². The Balaban J connectivity index is 1.69. The van der Waals surface area contributed by atoms with E-state index in [2.05, 4.69) is 6.58 Å². The van der Waals surface area contributed by atoms with Crippen LogP contribution in [0.1, 0.15) is 6.42 Å². The predicted molar refractivity (Wildman–Crippen MR) is 41.3 cm³/mol. The summed E-state index contributed by atoms with van der Waals surface area (Å²) in [5.74, 6) is 0. The van der Waals surface area contributed by atoms with Gasteiger partial charge in [-0.1, -0.05) is 6.58 Å². The van der Waals surface area contributed by atoms with Crippen molar-refractivity contribution >= 4 is 0 Å². The first-order chi connectivity index (χ1) is 5.43. The summed E-state index contributed by atoms with van der Waals surface area (Å²) in [4.78, 5) is 0. The van der Waals surface area contributed by atoms with E-state index >= 15 is 0 Å². The molecule has 1 unspecified atom stereocenters. The molecular formula is C8H14O3. The van der Waals surface area contributed by atoms with E-state index in [1.165, 1.54) is 6.26 Å². The normalized spacial score (nSPS) is 21.3. The van der Waals surface area contributed by atoms with E-state index in [9.17, 15) is 0 Å². The zero-order chi connectivity index (χ0) is 7.94. The van der Waals surface area contributed by atoms with Crippen molar-refractivity contribution in [3.05, 3.63) is 12.8 Å². The molecule has 1 aliphatic rings. The van der Waals surface area contributed by atoms with Gasteiger partial charge in [-0.15, -0.1) is 0 Å². The third-order valence-corrected chi connectivity index (χ3v) is 1.37. The molecule has 0 amide bonds. The van der Waals surface area contributed by atoms with Crippen LogP contribution < -0.4 is 0 Å². The zero-order valence-corrected chi connectivity index (χ0v) is 6.62. The van der Waals surface area contributed by atoms with Crippen molar-refractivity contribution in [2.45, 2.75) is 12.5 Å². The van der Waals surface area contributed by atoms with Crippen molar-refractivity contribution in [1.29, 1.82) is 0 Å². The Morgan fingerprint density at radius 1 is 1.55 bits per heavy atom. The monoisotopic (exact) mass is 158 g/mol. The number of rotatable bonds is 7. The number of ether oxygens (including phenoxy) is 3. The first-order valence-electron chi connectivity index (χ1n) is 3.85. The highest BCUT2D eigenvalue weighted by Gasteiger charge is 2.21. The molecule has 1 aliphatic heterocycles. The van der Waals surface area contributed by atoms with Gasteiger partial charge in [-0.2, -0.15) is 0 Å². The van der Waals surface area contributed by atoms with Gasteiger partial charge in [0.2, 0.25) is 0 Å². The summed E-state index contributed by atoms with van der Waals surface area (Å²) in [5.41, 5.74) is 0. The summed E-state index contributed by atoms with van der Waals surface area (Å²) >= 11 is 0. The maximum Gasteiger partial charge on any atom is 0.104 e.